The summed E-state index contributed by atoms with van der Waals surface area (Å²) in [5, 5.41) is 12.1. The lowest BCUT2D eigenvalue weighted by molar-refractivity contribution is 0.568. The van der Waals surface area contributed by atoms with Crippen molar-refractivity contribution >= 4 is 0 Å². The zero-order chi connectivity index (χ0) is 14.4. The number of nitrogens with zero attached hydrogens (tertiary/aromatic N) is 2. The van der Waals surface area contributed by atoms with E-state index in [1.807, 2.05) is 6.92 Å². The summed E-state index contributed by atoms with van der Waals surface area (Å²) >= 11 is 0. The van der Waals surface area contributed by atoms with Gasteiger partial charge in [-0.3, -0.25) is 0 Å². The molecule has 0 aliphatic heterocycles. The monoisotopic (exact) mass is 273 g/mol. The number of allylic oxidation sites excluding steroid dienone is 1. The van der Waals surface area contributed by atoms with E-state index in [1.54, 1.807) is 0 Å². The second-order valence-electron chi connectivity index (χ2n) is 5.69. The third-order valence-corrected chi connectivity index (χ3v) is 4.16. The molecular formula is C17H27N3. The predicted molar refractivity (Wildman–Crippen MR) is 83.7 cm³/mol. The van der Waals surface area contributed by atoms with Gasteiger partial charge >= 0.3 is 0 Å². The van der Waals surface area contributed by atoms with E-state index in [1.165, 1.54) is 49.7 Å². The van der Waals surface area contributed by atoms with Crippen molar-refractivity contribution in [3.05, 3.63) is 34.7 Å². The van der Waals surface area contributed by atoms with Gasteiger partial charge in [0.05, 0.1) is 17.4 Å². The van der Waals surface area contributed by atoms with Crippen LogP contribution in [-0.2, 0) is 6.42 Å². The van der Waals surface area contributed by atoms with E-state index < -0.39 is 0 Å². The van der Waals surface area contributed by atoms with E-state index in [4.69, 9.17) is 0 Å². The summed E-state index contributed by atoms with van der Waals surface area (Å²) in [7, 11) is 2.06. The number of aromatic nitrogens is 2. The molecule has 20 heavy (non-hydrogen) atoms. The average molecular weight is 273 g/mol. The normalized spacial score (nSPS) is 18.1. The Morgan fingerprint density at radius 2 is 2.00 bits per heavy atom. The molecule has 1 aliphatic carbocycles. The third kappa shape index (κ3) is 3.66. The Balaban J connectivity index is 2.33. The highest BCUT2D eigenvalue weighted by atomic mass is 15.1. The maximum absolute atomic E-state index is 4.39. The van der Waals surface area contributed by atoms with Gasteiger partial charge < -0.3 is 5.32 Å². The van der Waals surface area contributed by atoms with Gasteiger partial charge in [-0.15, -0.1) is 0 Å². The van der Waals surface area contributed by atoms with Crippen LogP contribution in [0.5, 0.6) is 0 Å². The maximum Gasteiger partial charge on any atom is 0.0679 e. The molecule has 1 aromatic rings. The summed E-state index contributed by atoms with van der Waals surface area (Å²) in [4.78, 5) is 0. The van der Waals surface area contributed by atoms with E-state index >= 15 is 0 Å². The van der Waals surface area contributed by atoms with Crippen molar-refractivity contribution in [1.82, 2.24) is 15.5 Å². The summed E-state index contributed by atoms with van der Waals surface area (Å²) in [6.45, 7) is 4.18. The maximum atomic E-state index is 4.39. The molecule has 0 spiro atoms. The van der Waals surface area contributed by atoms with Crippen LogP contribution in [0.1, 0.15) is 68.4 Å². The van der Waals surface area contributed by atoms with E-state index in [-0.39, 0.29) is 0 Å². The SMILES string of the molecule is CCc1nnc(C)cc1C(NC)C1=CCCCCCC1. The highest BCUT2D eigenvalue weighted by molar-refractivity contribution is 5.32. The Labute approximate surface area is 122 Å². The van der Waals surface area contributed by atoms with Gasteiger partial charge in [0.15, 0.2) is 0 Å². The molecule has 0 saturated heterocycles. The van der Waals surface area contributed by atoms with Gasteiger partial charge in [-0.05, 0) is 57.7 Å². The Hall–Kier alpha value is -1.22. The zero-order valence-electron chi connectivity index (χ0n) is 13.1. The molecule has 1 aliphatic rings. The van der Waals surface area contributed by atoms with Gasteiger partial charge in [-0.1, -0.05) is 31.4 Å². The number of nitrogens with one attached hydrogen (secondary N) is 1. The number of aryl methyl sites for hydroxylation is 2. The van der Waals surface area contributed by atoms with Gasteiger partial charge in [0.1, 0.15) is 0 Å². The van der Waals surface area contributed by atoms with Crippen molar-refractivity contribution in [2.24, 2.45) is 0 Å². The molecule has 0 fully saturated rings. The topological polar surface area (TPSA) is 37.8 Å². The Morgan fingerprint density at radius 3 is 2.75 bits per heavy atom. The molecule has 1 atom stereocenters. The van der Waals surface area contributed by atoms with Gasteiger partial charge in [-0.25, -0.2) is 0 Å². The average Bonchev–Trinajstić information content (AvgIpc) is 2.42. The van der Waals surface area contributed by atoms with Crippen molar-refractivity contribution in [2.45, 2.75) is 64.8 Å². The molecule has 3 heteroatoms. The largest absolute Gasteiger partial charge is 0.310 e. The van der Waals surface area contributed by atoms with Crippen LogP contribution < -0.4 is 5.32 Å². The fourth-order valence-corrected chi connectivity index (χ4v) is 3.08. The van der Waals surface area contributed by atoms with E-state index in [0.717, 1.165) is 17.8 Å². The van der Waals surface area contributed by atoms with Crippen LogP contribution in [-0.4, -0.2) is 17.2 Å². The Morgan fingerprint density at radius 1 is 1.20 bits per heavy atom. The molecule has 0 bridgehead atoms. The number of likely N-dealkylation sites (N-methyl/N-ethyl adjacent to an activating group) is 1. The standard InChI is InChI=1S/C17H27N3/c1-4-16-15(12-13(2)19-20-16)17(18-3)14-10-8-6-5-7-9-11-14/h10,12,17-18H,4-9,11H2,1-3H3. The van der Waals surface area contributed by atoms with Crippen molar-refractivity contribution in [2.75, 3.05) is 7.05 Å². The Bertz CT molecular complexity index is 465. The molecule has 1 unspecified atom stereocenters. The first-order valence-electron chi connectivity index (χ1n) is 7.95. The first-order chi connectivity index (χ1) is 9.76. The Kier molecular flexibility index (Phi) is 5.72. The van der Waals surface area contributed by atoms with Crippen LogP contribution in [0.4, 0.5) is 0 Å². The van der Waals surface area contributed by atoms with Crippen LogP contribution in [0.15, 0.2) is 17.7 Å². The van der Waals surface area contributed by atoms with Gasteiger partial charge in [-0.2, -0.15) is 10.2 Å². The second kappa shape index (κ2) is 7.53. The fourth-order valence-electron chi connectivity index (χ4n) is 3.08. The molecule has 0 aromatic carbocycles. The first kappa shape index (κ1) is 15.2. The molecule has 110 valence electrons. The third-order valence-electron chi connectivity index (χ3n) is 4.16. The zero-order valence-corrected chi connectivity index (χ0v) is 13.1. The molecule has 1 heterocycles. The van der Waals surface area contributed by atoms with E-state index in [0.29, 0.717) is 6.04 Å². The quantitative estimate of drug-likeness (QED) is 0.846. The second-order valence-corrected chi connectivity index (χ2v) is 5.69. The highest BCUT2D eigenvalue weighted by Gasteiger charge is 2.19. The summed E-state index contributed by atoms with van der Waals surface area (Å²) in [6, 6.07) is 2.50. The molecule has 2 rings (SSSR count). The van der Waals surface area contributed by atoms with Crippen molar-refractivity contribution < 1.29 is 0 Å². The van der Waals surface area contributed by atoms with Crippen LogP contribution in [0, 0.1) is 6.92 Å². The van der Waals surface area contributed by atoms with Crippen LogP contribution in [0.2, 0.25) is 0 Å². The minimum atomic E-state index is 0.303. The van der Waals surface area contributed by atoms with Gasteiger partial charge in [0.25, 0.3) is 0 Å². The molecule has 0 saturated carbocycles. The van der Waals surface area contributed by atoms with E-state index in [9.17, 15) is 0 Å². The lowest BCUT2D eigenvalue weighted by Gasteiger charge is -2.24. The minimum Gasteiger partial charge on any atom is -0.310 e. The first-order valence-corrected chi connectivity index (χ1v) is 7.95. The molecule has 0 amide bonds. The molecule has 1 aromatic heterocycles. The summed E-state index contributed by atoms with van der Waals surface area (Å²) in [5.41, 5.74) is 4.98. The van der Waals surface area contributed by atoms with Crippen molar-refractivity contribution in [1.29, 1.82) is 0 Å². The molecule has 1 N–H and O–H groups in total. The molecular weight excluding hydrogens is 246 g/mol. The van der Waals surface area contributed by atoms with Crippen LogP contribution >= 0.6 is 0 Å². The summed E-state index contributed by atoms with van der Waals surface area (Å²) in [6.07, 6.45) is 11.2. The van der Waals surface area contributed by atoms with Gasteiger partial charge in [0, 0.05) is 0 Å². The van der Waals surface area contributed by atoms with Crippen molar-refractivity contribution in [3.8, 4) is 0 Å². The minimum absolute atomic E-state index is 0.303. The molecule has 0 radical (unpaired) electrons. The summed E-state index contributed by atoms with van der Waals surface area (Å²) < 4.78 is 0. The van der Waals surface area contributed by atoms with Gasteiger partial charge in [0.2, 0.25) is 0 Å². The number of hydrogen-bond donors (Lipinski definition) is 1. The molecule has 3 nitrogen and oxygen atoms in total. The predicted octanol–water partition coefficient (Wildman–Crippen LogP) is 3.89. The lowest BCUT2D eigenvalue weighted by atomic mass is 9.90. The highest BCUT2D eigenvalue weighted by Crippen LogP contribution is 2.30. The number of hydrogen-bond acceptors (Lipinski definition) is 3. The number of rotatable bonds is 4. The van der Waals surface area contributed by atoms with Crippen LogP contribution in [0.25, 0.3) is 0 Å². The smallest absolute Gasteiger partial charge is 0.0679 e. The lowest BCUT2D eigenvalue weighted by Crippen LogP contribution is -2.22. The van der Waals surface area contributed by atoms with E-state index in [2.05, 4.69) is 41.6 Å². The fraction of sp³-hybridized carbons (Fsp3) is 0.647. The van der Waals surface area contributed by atoms with Crippen molar-refractivity contribution in [3.63, 3.8) is 0 Å². The van der Waals surface area contributed by atoms with Crippen LogP contribution in [0.3, 0.4) is 0 Å². The summed E-state index contributed by atoms with van der Waals surface area (Å²) in [5.74, 6) is 0.